The second-order valence-corrected chi connectivity index (χ2v) is 3.20. The average Bonchev–Trinajstić information content (AvgIpc) is 2.18. The lowest BCUT2D eigenvalue weighted by atomic mass is 10.2. The fourth-order valence-electron chi connectivity index (χ4n) is 1.01. The van der Waals surface area contributed by atoms with E-state index in [0.29, 0.717) is 5.69 Å². The third kappa shape index (κ3) is 3.28. The molecule has 1 aromatic rings. The van der Waals surface area contributed by atoms with E-state index in [-0.39, 0.29) is 5.56 Å². The normalized spacial score (nSPS) is 12.6. The van der Waals surface area contributed by atoms with Crippen LogP contribution in [0.3, 0.4) is 0 Å². The molecule has 5 heteroatoms. The van der Waals surface area contributed by atoms with Gasteiger partial charge in [0.1, 0.15) is 0 Å². The topological polar surface area (TPSA) is 55.1 Å². The maximum absolute atomic E-state index is 12.3. The zero-order chi connectivity index (χ0) is 11.4. The minimum atomic E-state index is -2.54. The number of carbonyl (C=O) groups is 1. The Kier molecular flexibility index (Phi) is 3.74. The Morgan fingerprint density at radius 1 is 1.47 bits per heavy atom. The van der Waals surface area contributed by atoms with Gasteiger partial charge in [-0.3, -0.25) is 4.79 Å². The highest BCUT2D eigenvalue weighted by Crippen LogP contribution is 2.21. The Bertz CT molecular complexity index is 353. The van der Waals surface area contributed by atoms with E-state index in [9.17, 15) is 13.6 Å². The third-order valence-electron chi connectivity index (χ3n) is 1.82. The molecule has 82 valence electrons. The van der Waals surface area contributed by atoms with Gasteiger partial charge in [-0.2, -0.15) is 0 Å². The van der Waals surface area contributed by atoms with Crippen molar-refractivity contribution in [3.05, 3.63) is 29.8 Å². The molecule has 1 atom stereocenters. The summed E-state index contributed by atoms with van der Waals surface area (Å²) in [5.41, 5.74) is 5.52. The van der Waals surface area contributed by atoms with Crippen LogP contribution in [0.5, 0.6) is 0 Å². The fraction of sp³-hybridized carbons (Fsp3) is 0.300. The molecule has 0 aliphatic heterocycles. The zero-order valence-electron chi connectivity index (χ0n) is 8.21. The molecule has 0 bridgehead atoms. The van der Waals surface area contributed by atoms with Gasteiger partial charge in [0.05, 0.1) is 6.04 Å². The Morgan fingerprint density at radius 3 is 2.67 bits per heavy atom. The van der Waals surface area contributed by atoms with Crippen LogP contribution in [0.1, 0.15) is 18.9 Å². The summed E-state index contributed by atoms with van der Waals surface area (Å²) in [5, 5.41) is 2.44. The molecule has 1 aromatic carbocycles. The van der Waals surface area contributed by atoms with Crippen LogP contribution in [0.2, 0.25) is 0 Å². The first kappa shape index (κ1) is 11.6. The van der Waals surface area contributed by atoms with Crippen molar-refractivity contribution in [3.63, 3.8) is 0 Å². The smallest absolute Gasteiger partial charge is 0.263 e. The molecule has 1 amide bonds. The Hall–Kier alpha value is -1.49. The molecule has 1 rings (SSSR count). The molecule has 0 aliphatic rings. The van der Waals surface area contributed by atoms with E-state index in [4.69, 9.17) is 5.73 Å². The summed E-state index contributed by atoms with van der Waals surface area (Å²) in [7, 11) is 0. The van der Waals surface area contributed by atoms with Crippen LogP contribution < -0.4 is 11.1 Å². The minimum Gasteiger partial charge on any atom is -0.325 e. The standard InChI is InChI=1S/C10H12F2N2O/c1-6(13)10(15)14-8-4-2-3-7(5-8)9(11)12/h2-6,9H,13H2,1H3,(H,14,15). The number of rotatable bonds is 3. The number of hydrogen-bond acceptors (Lipinski definition) is 2. The van der Waals surface area contributed by atoms with Crippen molar-refractivity contribution >= 4 is 11.6 Å². The monoisotopic (exact) mass is 214 g/mol. The second-order valence-electron chi connectivity index (χ2n) is 3.20. The van der Waals surface area contributed by atoms with Gasteiger partial charge in [0.25, 0.3) is 6.43 Å². The molecule has 0 saturated carbocycles. The van der Waals surface area contributed by atoms with Gasteiger partial charge < -0.3 is 11.1 Å². The van der Waals surface area contributed by atoms with Gasteiger partial charge in [-0.25, -0.2) is 8.78 Å². The highest BCUT2D eigenvalue weighted by atomic mass is 19.3. The number of amides is 1. The van der Waals surface area contributed by atoms with E-state index >= 15 is 0 Å². The summed E-state index contributed by atoms with van der Waals surface area (Å²) in [6.45, 7) is 1.52. The van der Waals surface area contributed by atoms with E-state index < -0.39 is 18.4 Å². The quantitative estimate of drug-likeness (QED) is 0.807. The van der Waals surface area contributed by atoms with Crippen LogP contribution in [-0.4, -0.2) is 11.9 Å². The number of alkyl halides is 2. The lowest BCUT2D eigenvalue weighted by molar-refractivity contribution is -0.117. The van der Waals surface area contributed by atoms with Crippen molar-refractivity contribution in [3.8, 4) is 0 Å². The second kappa shape index (κ2) is 4.84. The number of benzene rings is 1. The van der Waals surface area contributed by atoms with Crippen LogP contribution in [-0.2, 0) is 4.79 Å². The number of nitrogens with two attached hydrogens (primary N) is 1. The molecule has 1 unspecified atom stereocenters. The molecule has 0 fully saturated rings. The molecule has 0 saturated heterocycles. The van der Waals surface area contributed by atoms with Crippen LogP contribution in [0.4, 0.5) is 14.5 Å². The van der Waals surface area contributed by atoms with Crippen molar-refractivity contribution in [1.82, 2.24) is 0 Å². The molecule has 0 aromatic heterocycles. The van der Waals surface area contributed by atoms with E-state index in [1.54, 1.807) is 0 Å². The highest BCUT2D eigenvalue weighted by Gasteiger charge is 2.10. The largest absolute Gasteiger partial charge is 0.325 e. The number of anilines is 1. The maximum Gasteiger partial charge on any atom is 0.263 e. The summed E-state index contributed by atoms with van der Waals surface area (Å²) in [6, 6.07) is 4.85. The molecule has 0 aliphatic carbocycles. The lowest BCUT2D eigenvalue weighted by Gasteiger charge is -2.08. The van der Waals surface area contributed by atoms with Crippen molar-refractivity contribution in [2.45, 2.75) is 19.4 Å². The molecule has 0 spiro atoms. The van der Waals surface area contributed by atoms with Gasteiger partial charge in [0.2, 0.25) is 5.91 Å². The highest BCUT2D eigenvalue weighted by molar-refractivity contribution is 5.94. The Morgan fingerprint density at radius 2 is 2.13 bits per heavy atom. The first-order valence-electron chi connectivity index (χ1n) is 4.45. The van der Waals surface area contributed by atoms with E-state index in [0.717, 1.165) is 0 Å². The van der Waals surface area contributed by atoms with Gasteiger partial charge >= 0.3 is 0 Å². The summed E-state index contributed by atoms with van der Waals surface area (Å²) in [4.78, 5) is 11.2. The predicted octanol–water partition coefficient (Wildman–Crippen LogP) is 1.91. The molecule has 3 N–H and O–H groups in total. The maximum atomic E-state index is 12.3. The van der Waals surface area contributed by atoms with Crippen LogP contribution >= 0.6 is 0 Å². The van der Waals surface area contributed by atoms with Crippen molar-refractivity contribution in [2.24, 2.45) is 5.73 Å². The van der Waals surface area contributed by atoms with E-state index in [1.165, 1.54) is 31.2 Å². The third-order valence-corrected chi connectivity index (χ3v) is 1.82. The van der Waals surface area contributed by atoms with Gasteiger partial charge in [-0.15, -0.1) is 0 Å². The van der Waals surface area contributed by atoms with Gasteiger partial charge in [-0.1, -0.05) is 12.1 Å². The molecular weight excluding hydrogens is 202 g/mol. The molecule has 15 heavy (non-hydrogen) atoms. The molecule has 0 radical (unpaired) electrons. The number of halogens is 2. The summed E-state index contributed by atoms with van der Waals surface area (Å²) in [5.74, 6) is -0.401. The van der Waals surface area contributed by atoms with Crippen LogP contribution in [0.15, 0.2) is 24.3 Å². The van der Waals surface area contributed by atoms with Crippen molar-refractivity contribution < 1.29 is 13.6 Å². The van der Waals surface area contributed by atoms with Gasteiger partial charge in [0, 0.05) is 11.3 Å². The van der Waals surface area contributed by atoms with Crippen molar-refractivity contribution in [1.29, 1.82) is 0 Å². The Labute approximate surface area is 86.3 Å². The summed E-state index contributed by atoms with van der Waals surface area (Å²) < 4.78 is 24.6. The average molecular weight is 214 g/mol. The Balaban J connectivity index is 2.78. The minimum absolute atomic E-state index is 0.127. The number of hydrogen-bond donors (Lipinski definition) is 2. The zero-order valence-corrected chi connectivity index (χ0v) is 8.21. The van der Waals surface area contributed by atoms with E-state index in [2.05, 4.69) is 5.32 Å². The van der Waals surface area contributed by atoms with Crippen molar-refractivity contribution in [2.75, 3.05) is 5.32 Å². The summed E-state index contributed by atoms with van der Waals surface area (Å²) >= 11 is 0. The first-order chi connectivity index (χ1) is 7.00. The number of carbonyl (C=O) groups excluding carboxylic acids is 1. The fourth-order valence-corrected chi connectivity index (χ4v) is 1.01. The number of nitrogens with one attached hydrogen (secondary N) is 1. The van der Waals surface area contributed by atoms with Gasteiger partial charge in [0.15, 0.2) is 0 Å². The molecule has 3 nitrogen and oxygen atoms in total. The van der Waals surface area contributed by atoms with Crippen LogP contribution in [0, 0.1) is 0 Å². The lowest BCUT2D eigenvalue weighted by Crippen LogP contribution is -2.32. The van der Waals surface area contributed by atoms with Crippen LogP contribution in [0.25, 0.3) is 0 Å². The summed E-state index contributed by atoms with van der Waals surface area (Å²) in [6.07, 6.45) is -2.54. The molecular formula is C10H12F2N2O. The SMILES string of the molecule is CC(N)C(=O)Nc1cccc(C(F)F)c1. The first-order valence-corrected chi connectivity index (χ1v) is 4.45. The molecule has 0 heterocycles. The van der Waals surface area contributed by atoms with E-state index in [1.807, 2.05) is 0 Å². The predicted molar refractivity (Wildman–Crippen MR) is 53.7 cm³/mol. The van der Waals surface area contributed by atoms with Gasteiger partial charge in [-0.05, 0) is 19.1 Å².